The summed E-state index contributed by atoms with van der Waals surface area (Å²) >= 11 is 0. The average Bonchev–Trinajstić information content (AvgIpc) is 2.35. The smallest absolute Gasteiger partial charge is 0.330 e. The Morgan fingerprint density at radius 2 is 1.94 bits per heavy atom. The van der Waals surface area contributed by atoms with Gasteiger partial charge in [0.2, 0.25) is 0 Å². The molecule has 0 saturated carbocycles. The number of benzene rings is 1. The van der Waals surface area contributed by atoms with Gasteiger partial charge in [0.1, 0.15) is 0 Å². The Hall–Kier alpha value is -1.72. The average molecular weight is 237 g/mol. The second kappa shape index (κ2) is 6.12. The molecule has 0 spiro atoms. The summed E-state index contributed by atoms with van der Waals surface area (Å²) in [5.41, 5.74) is 0.489. The summed E-state index contributed by atoms with van der Waals surface area (Å²) in [5, 5.41) is 9.40. The van der Waals surface area contributed by atoms with Crippen molar-refractivity contribution in [2.75, 3.05) is 0 Å². The predicted octanol–water partition coefficient (Wildman–Crippen LogP) is 0.673. The Bertz CT molecular complexity index is 389. The molecule has 1 rings (SSSR count). The zero-order valence-electron chi connectivity index (χ0n) is 9.50. The van der Waals surface area contributed by atoms with Crippen molar-refractivity contribution >= 4 is 11.8 Å². The second-order valence-electron chi connectivity index (χ2n) is 3.78. The molecule has 1 aromatic carbocycles. The van der Waals surface area contributed by atoms with Crippen LogP contribution in [0.3, 0.4) is 0 Å². The first kappa shape index (κ1) is 13.3. The number of carbonyl (C=O) groups is 2. The van der Waals surface area contributed by atoms with Crippen molar-refractivity contribution in [1.82, 2.24) is 0 Å². The summed E-state index contributed by atoms with van der Waals surface area (Å²) in [7, 11) is 0. The Labute approximate surface area is 99.1 Å². The third kappa shape index (κ3) is 3.65. The quantitative estimate of drug-likeness (QED) is 0.580. The van der Waals surface area contributed by atoms with Crippen LogP contribution in [0, 0.1) is 5.92 Å². The molecule has 0 aromatic heterocycles. The molecule has 2 atom stereocenters. The molecule has 3 N–H and O–H groups in total. The molecule has 92 valence electrons. The molecule has 0 aliphatic rings. The molecule has 1 aromatic rings. The van der Waals surface area contributed by atoms with Gasteiger partial charge in [-0.25, -0.2) is 4.79 Å². The molecule has 0 aliphatic carbocycles. The Kier molecular flexibility index (Phi) is 4.81. The molecule has 5 nitrogen and oxygen atoms in total. The van der Waals surface area contributed by atoms with Gasteiger partial charge in [0, 0.05) is 12.0 Å². The molecule has 0 heterocycles. The van der Waals surface area contributed by atoms with Crippen LogP contribution in [0.1, 0.15) is 23.7 Å². The highest BCUT2D eigenvalue weighted by atomic mass is 16.7. The fourth-order valence-corrected chi connectivity index (χ4v) is 1.48. The highest BCUT2D eigenvalue weighted by Gasteiger charge is 2.28. The van der Waals surface area contributed by atoms with E-state index >= 15 is 0 Å². The van der Waals surface area contributed by atoms with Crippen LogP contribution in [0.4, 0.5) is 0 Å². The first-order chi connectivity index (χ1) is 8.06. The van der Waals surface area contributed by atoms with Crippen molar-refractivity contribution in [3.63, 3.8) is 0 Å². The molecule has 0 amide bonds. The fraction of sp³-hybridized carbons (Fsp3) is 0.333. The zero-order valence-corrected chi connectivity index (χ0v) is 9.50. The van der Waals surface area contributed by atoms with E-state index in [9.17, 15) is 14.7 Å². The number of ketones is 1. The number of aliphatic hydroxyl groups excluding tert-OH is 1. The second-order valence-corrected chi connectivity index (χ2v) is 3.78. The van der Waals surface area contributed by atoms with Gasteiger partial charge in [-0.3, -0.25) is 4.79 Å². The van der Waals surface area contributed by atoms with Crippen LogP contribution in [-0.4, -0.2) is 23.0 Å². The first-order valence-corrected chi connectivity index (χ1v) is 5.23. The molecule has 2 unspecified atom stereocenters. The topological polar surface area (TPSA) is 89.6 Å². The van der Waals surface area contributed by atoms with Gasteiger partial charge in [0.05, 0.1) is 12.0 Å². The van der Waals surface area contributed by atoms with Gasteiger partial charge in [0.15, 0.2) is 5.78 Å². The van der Waals surface area contributed by atoms with Gasteiger partial charge in [-0.2, -0.15) is 5.90 Å². The van der Waals surface area contributed by atoms with Crippen LogP contribution < -0.4 is 5.90 Å². The normalized spacial score (nSPS) is 13.8. The van der Waals surface area contributed by atoms with Gasteiger partial charge >= 0.3 is 5.97 Å². The summed E-state index contributed by atoms with van der Waals surface area (Å²) in [6, 6.07) is 8.54. The van der Waals surface area contributed by atoms with Crippen molar-refractivity contribution < 1.29 is 19.5 Å². The van der Waals surface area contributed by atoms with E-state index in [0.717, 1.165) is 0 Å². The van der Waals surface area contributed by atoms with Gasteiger partial charge in [-0.1, -0.05) is 30.3 Å². The predicted molar refractivity (Wildman–Crippen MR) is 60.8 cm³/mol. The number of hydrogen-bond acceptors (Lipinski definition) is 5. The molecule has 5 heteroatoms. The molecule has 0 radical (unpaired) electrons. The van der Waals surface area contributed by atoms with E-state index in [1.807, 2.05) is 0 Å². The lowest BCUT2D eigenvalue weighted by atomic mass is 9.94. The largest absolute Gasteiger partial charge is 0.393 e. The maximum Gasteiger partial charge on any atom is 0.330 e. The van der Waals surface area contributed by atoms with E-state index in [0.29, 0.717) is 5.56 Å². The van der Waals surface area contributed by atoms with E-state index in [-0.39, 0.29) is 12.2 Å². The van der Waals surface area contributed by atoms with E-state index in [1.54, 1.807) is 30.3 Å². The first-order valence-electron chi connectivity index (χ1n) is 5.23. The van der Waals surface area contributed by atoms with Gasteiger partial charge in [0.25, 0.3) is 0 Å². The maximum absolute atomic E-state index is 11.8. The number of nitrogens with two attached hydrogens (primary N) is 1. The van der Waals surface area contributed by atoms with E-state index in [4.69, 9.17) is 5.90 Å². The Morgan fingerprint density at radius 1 is 1.35 bits per heavy atom. The summed E-state index contributed by atoms with van der Waals surface area (Å²) in [4.78, 5) is 27.1. The molecule has 0 aliphatic heterocycles. The summed E-state index contributed by atoms with van der Waals surface area (Å²) < 4.78 is 0. The Morgan fingerprint density at radius 3 is 2.41 bits per heavy atom. The van der Waals surface area contributed by atoms with Crippen molar-refractivity contribution in [3.8, 4) is 0 Å². The molecular weight excluding hydrogens is 222 g/mol. The lowest BCUT2D eigenvalue weighted by Gasteiger charge is -2.15. The summed E-state index contributed by atoms with van der Waals surface area (Å²) in [6.45, 7) is 1.42. The SMILES string of the molecule is CC(O)C(CC(=O)c1ccccc1)C(=O)ON. The van der Waals surface area contributed by atoms with Crippen molar-refractivity contribution in [2.45, 2.75) is 19.4 Å². The van der Waals surface area contributed by atoms with Crippen LogP contribution in [0.2, 0.25) is 0 Å². The number of hydrogen-bond donors (Lipinski definition) is 2. The van der Waals surface area contributed by atoms with Gasteiger partial charge < -0.3 is 9.94 Å². The van der Waals surface area contributed by atoms with Crippen LogP contribution >= 0.6 is 0 Å². The van der Waals surface area contributed by atoms with Crippen LogP contribution in [0.25, 0.3) is 0 Å². The van der Waals surface area contributed by atoms with Crippen molar-refractivity contribution in [3.05, 3.63) is 35.9 Å². The van der Waals surface area contributed by atoms with Gasteiger partial charge in [-0.05, 0) is 6.92 Å². The van der Waals surface area contributed by atoms with E-state index < -0.39 is 18.0 Å². The third-order valence-electron chi connectivity index (χ3n) is 2.50. The fourth-order valence-electron chi connectivity index (χ4n) is 1.48. The lowest BCUT2D eigenvalue weighted by molar-refractivity contribution is -0.152. The van der Waals surface area contributed by atoms with Gasteiger partial charge in [-0.15, -0.1) is 0 Å². The number of Topliss-reactive ketones (excluding diaryl/α,β-unsaturated/α-hetero) is 1. The maximum atomic E-state index is 11.8. The molecular formula is C12H15NO4. The number of carbonyl (C=O) groups excluding carboxylic acids is 2. The number of aliphatic hydroxyl groups is 1. The number of rotatable bonds is 5. The van der Waals surface area contributed by atoms with E-state index in [1.165, 1.54) is 6.92 Å². The highest BCUT2D eigenvalue weighted by molar-refractivity contribution is 5.98. The lowest BCUT2D eigenvalue weighted by Crippen LogP contribution is -2.31. The third-order valence-corrected chi connectivity index (χ3v) is 2.50. The minimum Gasteiger partial charge on any atom is -0.393 e. The zero-order chi connectivity index (χ0) is 12.8. The minimum atomic E-state index is -0.987. The van der Waals surface area contributed by atoms with E-state index in [2.05, 4.69) is 4.84 Å². The summed E-state index contributed by atoms with van der Waals surface area (Å²) in [5.74, 6) is 2.79. The van der Waals surface area contributed by atoms with Crippen molar-refractivity contribution in [2.24, 2.45) is 11.8 Å². The molecule has 17 heavy (non-hydrogen) atoms. The Balaban J connectivity index is 2.75. The molecule has 0 bridgehead atoms. The highest BCUT2D eigenvalue weighted by Crippen LogP contribution is 2.15. The minimum absolute atomic E-state index is 0.127. The molecule has 0 saturated heterocycles. The van der Waals surface area contributed by atoms with Crippen LogP contribution in [0.5, 0.6) is 0 Å². The standard InChI is InChI=1S/C12H15NO4/c1-8(14)10(12(16)17-13)7-11(15)9-5-3-2-4-6-9/h2-6,8,10,14H,7,13H2,1H3. The summed E-state index contributed by atoms with van der Waals surface area (Å²) in [6.07, 6.45) is -1.11. The molecule has 0 fully saturated rings. The van der Waals surface area contributed by atoms with Crippen molar-refractivity contribution in [1.29, 1.82) is 0 Å². The van der Waals surface area contributed by atoms with Crippen LogP contribution in [0.15, 0.2) is 30.3 Å². The monoisotopic (exact) mass is 237 g/mol. The van der Waals surface area contributed by atoms with Crippen LogP contribution in [-0.2, 0) is 9.63 Å².